The van der Waals surface area contributed by atoms with Crippen molar-refractivity contribution in [1.82, 2.24) is 0 Å². The number of sulfonamides is 1. The number of anilines is 1. The average Bonchev–Trinajstić information content (AvgIpc) is 2.82. The molecule has 0 saturated heterocycles. The molecule has 1 aromatic heterocycles. The highest BCUT2D eigenvalue weighted by Crippen LogP contribution is 2.29. The summed E-state index contributed by atoms with van der Waals surface area (Å²) in [6, 6.07) is 6.62. The molecule has 0 amide bonds. The highest BCUT2D eigenvalue weighted by molar-refractivity contribution is 9.11. The van der Waals surface area contributed by atoms with Crippen LogP contribution in [0.5, 0.6) is 0 Å². The molecule has 2 rings (SSSR count). The zero-order valence-electron chi connectivity index (χ0n) is 9.43. The Morgan fingerprint density at radius 2 is 2.00 bits per heavy atom. The minimum Gasteiger partial charge on any atom is -0.392 e. The molecule has 1 aromatic carbocycles. The molecule has 102 valence electrons. The minimum absolute atomic E-state index is 0.173. The molecular weight excluding hydrogens is 418 g/mol. The number of nitrogens with one attached hydrogen (secondary N) is 1. The maximum Gasteiger partial charge on any atom is 0.271 e. The van der Waals surface area contributed by atoms with Crippen molar-refractivity contribution in [3.63, 3.8) is 0 Å². The van der Waals surface area contributed by atoms with Gasteiger partial charge in [0.25, 0.3) is 10.0 Å². The van der Waals surface area contributed by atoms with E-state index >= 15 is 0 Å². The summed E-state index contributed by atoms with van der Waals surface area (Å²) in [5.74, 6) is 0. The van der Waals surface area contributed by atoms with Gasteiger partial charge in [-0.3, -0.25) is 4.72 Å². The summed E-state index contributed by atoms with van der Waals surface area (Å²) in [7, 11) is -3.63. The van der Waals surface area contributed by atoms with Crippen molar-refractivity contribution in [3.8, 4) is 0 Å². The lowest BCUT2D eigenvalue weighted by Gasteiger charge is -2.08. The molecule has 1 heterocycles. The number of aliphatic hydroxyl groups excluding tert-OH is 1. The van der Waals surface area contributed by atoms with E-state index < -0.39 is 10.0 Å². The van der Waals surface area contributed by atoms with E-state index in [2.05, 4.69) is 36.6 Å². The van der Waals surface area contributed by atoms with Gasteiger partial charge in [0.2, 0.25) is 0 Å². The molecule has 19 heavy (non-hydrogen) atoms. The van der Waals surface area contributed by atoms with Crippen molar-refractivity contribution in [1.29, 1.82) is 0 Å². The zero-order chi connectivity index (χ0) is 14.0. The molecule has 0 aliphatic rings. The molecule has 2 aromatic rings. The summed E-state index contributed by atoms with van der Waals surface area (Å²) in [4.78, 5) is 0. The van der Waals surface area contributed by atoms with Crippen LogP contribution in [-0.2, 0) is 16.6 Å². The number of thiophene rings is 1. The summed E-state index contributed by atoms with van der Waals surface area (Å²) in [6.45, 7) is -0.173. The van der Waals surface area contributed by atoms with Crippen LogP contribution in [0.4, 0.5) is 5.69 Å². The van der Waals surface area contributed by atoms with Crippen molar-refractivity contribution in [2.45, 2.75) is 10.8 Å². The van der Waals surface area contributed by atoms with Crippen molar-refractivity contribution < 1.29 is 13.5 Å². The molecule has 2 N–H and O–H groups in total. The molecule has 4 nitrogen and oxygen atoms in total. The predicted octanol–water partition coefficient (Wildman–Crippen LogP) is 3.57. The maximum absolute atomic E-state index is 12.2. The molecule has 0 aliphatic carbocycles. The minimum atomic E-state index is -3.63. The fraction of sp³-hybridized carbons (Fsp3) is 0.0909. The molecule has 0 saturated carbocycles. The van der Waals surface area contributed by atoms with E-state index in [9.17, 15) is 8.42 Å². The Labute approximate surface area is 131 Å². The van der Waals surface area contributed by atoms with Gasteiger partial charge in [-0.15, -0.1) is 11.3 Å². The Hall–Kier alpha value is -0.410. The highest BCUT2D eigenvalue weighted by Gasteiger charge is 2.18. The normalized spacial score (nSPS) is 11.5. The first-order valence-electron chi connectivity index (χ1n) is 5.08. The molecular formula is C11H9Br2NO3S2. The topological polar surface area (TPSA) is 66.4 Å². The Morgan fingerprint density at radius 3 is 2.58 bits per heavy atom. The number of hydrogen-bond acceptors (Lipinski definition) is 4. The van der Waals surface area contributed by atoms with Crippen molar-refractivity contribution in [3.05, 3.63) is 44.2 Å². The zero-order valence-corrected chi connectivity index (χ0v) is 14.2. The van der Waals surface area contributed by atoms with Gasteiger partial charge in [-0.1, -0.05) is 15.9 Å². The van der Waals surface area contributed by atoms with Gasteiger partial charge in [0.05, 0.1) is 12.3 Å². The number of rotatable bonds is 4. The number of halogens is 2. The van der Waals surface area contributed by atoms with Gasteiger partial charge >= 0.3 is 0 Å². The summed E-state index contributed by atoms with van der Waals surface area (Å²) in [6.07, 6.45) is 0. The maximum atomic E-state index is 12.2. The van der Waals surface area contributed by atoms with Crippen LogP contribution >= 0.6 is 43.2 Å². The third-order valence-corrected chi connectivity index (χ3v) is 6.26. The number of benzene rings is 1. The van der Waals surface area contributed by atoms with Gasteiger partial charge in [0.1, 0.15) is 4.21 Å². The monoisotopic (exact) mass is 425 g/mol. The average molecular weight is 427 g/mol. The first-order chi connectivity index (χ1) is 8.92. The van der Waals surface area contributed by atoms with E-state index in [4.69, 9.17) is 5.11 Å². The Bertz CT molecular complexity index is 698. The van der Waals surface area contributed by atoms with Crippen molar-refractivity contribution in [2.24, 2.45) is 0 Å². The quantitative estimate of drug-likeness (QED) is 0.785. The Morgan fingerprint density at radius 1 is 1.26 bits per heavy atom. The first-order valence-corrected chi connectivity index (χ1v) is 9.03. The van der Waals surface area contributed by atoms with Crippen molar-refractivity contribution >= 4 is 58.9 Å². The van der Waals surface area contributed by atoms with Crippen molar-refractivity contribution in [2.75, 3.05) is 4.72 Å². The van der Waals surface area contributed by atoms with Crippen LogP contribution in [0, 0.1) is 0 Å². The van der Waals surface area contributed by atoms with Gasteiger partial charge in [-0.2, -0.15) is 0 Å². The van der Waals surface area contributed by atoms with Crippen LogP contribution in [0.1, 0.15) is 5.56 Å². The second-order valence-electron chi connectivity index (χ2n) is 3.66. The van der Waals surface area contributed by atoms with E-state index in [1.165, 1.54) is 6.07 Å². The summed E-state index contributed by atoms with van der Waals surface area (Å²) >= 11 is 7.67. The molecule has 0 atom stereocenters. The molecule has 8 heteroatoms. The van der Waals surface area contributed by atoms with Crippen LogP contribution < -0.4 is 4.72 Å². The van der Waals surface area contributed by atoms with Crippen LogP contribution in [0.25, 0.3) is 0 Å². The Balaban J connectivity index is 2.30. The summed E-state index contributed by atoms with van der Waals surface area (Å²) in [5.41, 5.74) is 1.04. The molecule has 0 aliphatic heterocycles. The molecule has 0 fully saturated rings. The number of aliphatic hydroxyl groups is 1. The van der Waals surface area contributed by atoms with E-state index in [0.717, 1.165) is 15.8 Å². The molecule has 0 radical (unpaired) electrons. The fourth-order valence-corrected chi connectivity index (χ4v) is 4.90. The summed E-state index contributed by atoms with van der Waals surface area (Å²) in [5, 5.41) is 10.6. The smallest absolute Gasteiger partial charge is 0.271 e. The second kappa shape index (κ2) is 5.92. The lowest BCUT2D eigenvalue weighted by Crippen LogP contribution is -2.11. The largest absolute Gasteiger partial charge is 0.392 e. The fourth-order valence-electron chi connectivity index (χ4n) is 1.34. The SMILES string of the molecule is O=S(=O)(Nc1ccc(Br)cc1Br)c1cc(CO)cs1. The van der Waals surface area contributed by atoms with Gasteiger partial charge in [-0.05, 0) is 51.1 Å². The van der Waals surface area contributed by atoms with E-state index in [-0.39, 0.29) is 10.8 Å². The van der Waals surface area contributed by atoms with E-state index in [0.29, 0.717) is 15.7 Å². The molecule has 0 spiro atoms. The van der Waals surface area contributed by atoms with Crippen LogP contribution in [-0.4, -0.2) is 13.5 Å². The standard InChI is InChI=1S/C11H9Br2NO3S2/c12-8-1-2-10(9(13)4-8)14-19(16,17)11-3-7(5-15)6-18-11/h1-4,6,14-15H,5H2. The van der Waals surface area contributed by atoms with Gasteiger partial charge in [0, 0.05) is 8.95 Å². The molecule has 0 bridgehead atoms. The first kappa shape index (κ1) is 15.0. The summed E-state index contributed by atoms with van der Waals surface area (Å²) < 4.78 is 28.5. The van der Waals surface area contributed by atoms with E-state index in [1.54, 1.807) is 23.6 Å². The molecule has 0 unspecified atom stereocenters. The van der Waals surface area contributed by atoms with E-state index in [1.807, 2.05) is 0 Å². The lowest BCUT2D eigenvalue weighted by atomic mass is 10.3. The third-order valence-electron chi connectivity index (χ3n) is 2.25. The van der Waals surface area contributed by atoms with Crippen LogP contribution in [0.2, 0.25) is 0 Å². The lowest BCUT2D eigenvalue weighted by molar-refractivity contribution is 0.282. The van der Waals surface area contributed by atoms with Gasteiger partial charge in [0.15, 0.2) is 0 Å². The second-order valence-corrected chi connectivity index (χ2v) is 8.25. The van der Waals surface area contributed by atoms with Crippen LogP contribution in [0.15, 0.2) is 42.8 Å². The highest BCUT2D eigenvalue weighted by atomic mass is 79.9. The predicted molar refractivity (Wildman–Crippen MR) is 82.9 cm³/mol. The Kier molecular flexibility index (Phi) is 4.67. The third kappa shape index (κ3) is 3.57. The van der Waals surface area contributed by atoms with Gasteiger partial charge in [-0.25, -0.2) is 8.42 Å². The van der Waals surface area contributed by atoms with Gasteiger partial charge < -0.3 is 5.11 Å². The number of hydrogen-bond donors (Lipinski definition) is 2. The van der Waals surface area contributed by atoms with Crippen LogP contribution in [0.3, 0.4) is 0 Å².